The lowest BCUT2D eigenvalue weighted by molar-refractivity contribution is -0.133. The summed E-state index contributed by atoms with van der Waals surface area (Å²) in [5.74, 6) is 0. The van der Waals surface area contributed by atoms with E-state index in [2.05, 4.69) is 17.2 Å². The predicted octanol–water partition coefficient (Wildman–Crippen LogP) is 1.92. The van der Waals surface area contributed by atoms with Gasteiger partial charge in [0.2, 0.25) is 0 Å². The molecule has 0 aromatic carbocycles. The first-order chi connectivity index (χ1) is 8.76. The van der Waals surface area contributed by atoms with Gasteiger partial charge in [-0.3, -0.25) is 4.98 Å². The van der Waals surface area contributed by atoms with E-state index in [1.165, 1.54) is 5.56 Å². The van der Waals surface area contributed by atoms with E-state index in [0.717, 1.165) is 13.0 Å². The third kappa shape index (κ3) is 2.88. The maximum atomic E-state index is 5.62. The van der Waals surface area contributed by atoms with E-state index < -0.39 is 0 Å². The van der Waals surface area contributed by atoms with Crippen molar-refractivity contribution in [3.63, 3.8) is 0 Å². The molecule has 1 N–H and O–H groups in total. The highest BCUT2D eigenvalue weighted by Gasteiger charge is 2.42. The van der Waals surface area contributed by atoms with Gasteiger partial charge in [0.05, 0.1) is 12.2 Å². The molecule has 0 amide bonds. The number of hydrogen-bond donors (Lipinski definition) is 1. The lowest BCUT2D eigenvalue weighted by Gasteiger charge is -2.44. The molecule has 1 saturated carbocycles. The van der Waals surface area contributed by atoms with Crippen LogP contribution in [0.15, 0.2) is 24.5 Å². The molecule has 1 aromatic rings. The maximum absolute atomic E-state index is 5.62. The quantitative estimate of drug-likeness (QED) is 0.837. The average Bonchev–Trinajstić information content (AvgIpc) is 2.38. The third-order valence-electron chi connectivity index (χ3n) is 3.57. The summed E-state index contributed by atoms with van der Waals surface area (Å²) in [6, 6.07) is 4.75. The first kappa shape index (κ1) is 13.5. The number of pyridine rings is 1. The fourth-order valence-corrected chi connectivity index (χ4v) is 2.51. The Morgan fingerprint density at radius 2 is 2.17 bits per heavy atom. The largest absolute Gasteiger partial charge is 0.377 e. The number of methoxy groups -OCH3 is 1. The average molecular weight is 250 g/mol. The second-order valence-electron chi connectivity index (χ2n) is 4.71. The zero-order valence-electron chi connectivity index (χ0n) is 11.3. The van der Waals surface area contributed by atoms with Crippen LogP contribution in [-0.2, 0) is 9.47 Å². The van der Waals surface area contributed by atoms with Crippen molar-refractivity contribution in [1.29, 1.82) is 0 Å². The molecule has 100 valence electrons. The molecule has 3 unspecified atom stereocenters. The molecule has 0 spiro atoms. The third-order valence-corrected chi connectivity index (χ3v) is 3.57. The molecule has 4 nitrogen and oxygen atoms in total. The van der Waals surface area contributed by atoms with E-state index in [1.54, 1.807) is 7.11 Å². The molecule has 1 aromatic heterocycles. The first-order valence-electron chi connectivity index (χ1n) is 6.56. The Kier molecular flexibility index (Phi) is 4.69. The molecular weight excluding hydrogens is 228 g/mol. The van der Waals surface area contributed by atoms with Crippen molar-refractivity contribution >= 4 is 0 Å². The molecule has 18 heavy (non-hydrogen) atoms. The van der Waals surface area contributed by atoms with Gasteiger partial charge in [0, 0.05) is 38.2 Å². The van der Waals surface area contributed by atoms with Gasteiger partial charge in [-0.15, -0.1) is 0 Å². The van der Waals surface area contributed by atoms with E-state index in [0.29, 0.717) is 12.1 Å². The van der Waals surface area contributed by atoms with Gasteiger partial charge in [0.1, 0.15) is 0 Å². The van der Waals surface area contributed by atoms with E-state index in [9.17, 15) is 0 Å². The van der Waals surface area contributed by atoms with Crippen LogP contribution in [0.1, 0.15) is 31.9 Å². The van der Waals surface area contributed by atoms with Gasteiger partial charge in [-0.1, -0.05) is 0 Å². The van der Waals surface area contributed by atoms with Crippen molar-refractivity contribution in [1.82, 2.24) is 10.3 Å². The van der Waals surface area contributed by atoms with Crippen LogP contribution in [-0.4, -0.2) is 37.0 Å². The Bertz CT molecular complexity index is 358. The van der Waals surface area contributed by atoms with E-state index >= 15 is 0 Å². The van der Waals surface area contributed by atoms with Gasteiger partial charge in [0.25, 0.3) is 0 Å². The fourth-order valence-electron chi connectivity index (χ4n) is 2.51. The normalized spacial score (nSPS) is 28.7. The summed E-state index contributed by atoms with van der Waals surface area (Å²) in [6.45, 7) is 4.93. The topological polar surface area (TPSA) is 43.4 Å². The number of aromatic nitrogens is 1. The van der Waals surface area contributed by atoms with Crippen molar-refractivity contribution in [2.24, 2.45) is 0 Å². The van der Waals surface area contributed by atoms with Crippen molar-refractivity contribution in [3.8, 4) is 0 Å². The lowest BCUT2D eigenvalue weighted by atomic mass is 9.84. The number of hydrogen-bond acceptors (Lipinski definition) is 4. The van der Waals surface area contributed by atoms with Gasteiger partial charge in [-0.25, -0.2) is 0 Å². The van der Waals surface area contributed by atoms with Crippen molar-refractivity contribution < 1.29 is 9.47 Å². The maximum Gasteiger partial charge on any atom is 0.0987 e. The summed E-state index contributed by atoms with van der Waals surface area (Å²) in [5.41, 5.74) is 1.25. The predicted molar refractivity (Wildman–Crippen MR) is 70.4 cm³/mol. The molecule has 0 aliphatic heterocycles. The Balaban J connectivity index is 1.87. The van der Waals surface area contributed by atoms with Crippen LogP contribution in [0, 0.1) is 0 Å². The Labute approximate surface area is 109 Å². The number of nitrogens with zero attached hydrogens (tertiary/aromatic N) is 1. The summed E-state index contributed by atoms with van der Waals surface area (Å²) in [6.07, 6.45) is 5.06. The molecule has 2 rings (SSSR count). The zero-order valence-corrected chi connectivity index (χ0v) is 11.3. The fraction of sp³-hybridized carbons (Fsp3) is 0.643. The molecule has 0 radical (unpaired) electrons. The summed E-state index contributed by atoms with van der Waals surface area (Å²) in [5, 5.41) is 3.59. The minimum Gasteiger partial charge on any atom is -0.377 e. The Morgan fingerprint density at radius 3 is 2.78 bits per heavy atom. The highest BCUT2D eigenvalue weighted by molar-refractivity contribution is 5.15. The van der Waals surface area contributed by atoms with Gasteiger partial charge in [0.15, 0.2) is 0 Å². The molecular formula is C14H22N2O2. The molecule has 1 fully saturated rings. The second kappa shape index (κ2) is 6.27. The molecule has 1 aliphatic rings. The van der Waals surface area contributed by atoms with Gasteiger partial charge < -0.3 is 14.8 Å². The van der Waals surface area contributed by atoms with Crippen LogP contribution < -0.4 is 5.32 Å². The van der Waals surface area contributed by atoms with E-state index in [1.807, 2.05) is 31.5 Å². The standard InChI is InChI=1S/C14H22N2O2/c1-4-18-13-9-12(14(13)17-3)16-10(2)11-5-7-15-8-6-11/h5-8,10,12-14,16H,4,9H2,1-3H3/t10-,12?,13?,14?/m1/s1. The van der Waals surface area contributed by atoms with Gasteiger partial charge in [-0.2, -0.15) is 0 Å². The molecule has 4 heteroatoms. The van der Waals surface area contributed by atoms with Crippen molar-refractivity contribution in [3.05, 3.63) is 30.1 Å². The minimum atomic E-state index is 0.161. The number of ether oxygens (including phenoxy) is 2. The number of nitrogens with one attached hydrogen (secondary N) is 1. The van der Waals surface area contributed by atoms with Crippen molar-refractivity contribution in [2.75, 3.05) is 13.7 Å². The first-order valence-corrected chi connectivity index (χ1v) is 6.56. The molecule has 0 saturated heterocycles. The van der Waals surface area contributed by atoms with Crippen LogP contribution >= 0.6 is 0 Å². The van der Waals surface area contributed by atoms with Crippen molar-refractivity contribution in [2.45, 2.75) is 44.6 Å². The summed E-state index contributed by atoms with van der Waals surface area (Å²) in [4.78, 5) is 4.04. The molecule has 1 heterocycles. The SMILES string of the molecule is CCOC1CC(N[C@H](C)c2ccncc2)C1OC. The summed E-state index contributed by atoms with van der Waals surface area (Å²) < 4.78 is 11.1. The van der Waals surface area contributed by atoms with E-state index in [4.69, 9.17) is 9.47 Å². The van der Waals surface area contributed by atoms with Crippen LogP contribution in [0.2, 0.25) is 0 Å². The minimum absolute atomic E-state index is 0.161. The zero-order chi connectivity index (χ0) is 13.0. The van der Waals surface area contributed by atoms with Gasteiger partial charge >= 0.3 is 0 Å². The lowest BCUT2D eigenvalue weighted by Crippen LogP contribution is -2.60. The summed E-state index contributed by atoms with van der Waals surface area (Å²) >= 11 is 0. The highest BCUT2D eigenvalue weighted by Crippen LogP contribution is 2.29. The smallest absolute Gasteiger partial charge is 0.0987 e. The Hall–Kier alpha value is -0.970. The molecule has 1 aliphatic carbocycles. The second-order valence-corrected chi connectivity index (χ2v) is 4.71. The van der Waals surface area contributed by atoms with Gasteiger partial charge in [-0.05, 0) is 38.0 Å². The molecule has 0 bridgehead atoms. The van der Waals surface area contributed by atoms with Crippen LogP contribution in [0.25, 0.3) is 0 Å². The molecule has 4 atom stereocenters. The van der Waals surface area contributed by atoms with Crippen LogP contribution in [0.5, 0.6) is 0 Å². The van der Waals surface area contributed by atoms with Crippen LogP contribution in [0.4, 0.5) is 0 Å². The Morgan fingerprint density at radius 1 is 1.44 bits per heavy atom. The monoisotopic (exact) mass is 250 g/mol. The van der Waals surface area contributed by atoms with Crippen LogP contribution in [0.3, 0.4) is 0 Å². The highest BCUT2D eigenvalue weighted by atomic mass is 16.5. The number of rotatable bonds is 6. The van der Waals surface area contributed by atoms with E-state index in [-0.39, 0.29) is 12.2 Å². The summed E-state index contributed by atoms with van der Waals surface area (Å²) in [7, 11) is 1.75.